The van der Waals surface area contributed by atoms with Crippen molar-refractivity contribution in [1.29, 1.82) is 0 Å². The van der Waals surface area contributed by atoms with E-state index >= 15 is 0 Å². The van der Waals surface area contributed by atoms with E-state index in [9.17, 15) is 9.59 Å². The molecular weight excluding hydrogens is 282 g/mol. The van der Waals surface area contributed by atoms with E-state index in [0.29, 0.717) is 5.75 Å². The third-order valence-electron chi connectivity index (χ3n) is 3.04. The van der Waals surface area contributed by atoms with Gasteiger partial charge in [0.1, 0.15) is 5.75 Å². The van der Waals surface area contributed by atoms with Crippen molar-refractivity contribution in [3.05, 3.63) is 59.9 Å². The molecule has 1 heterocycles. The van der Waals surface area contributed by atoms with Crippen LogP contribution in [0, 0.1) is 0 Å². The molecule has 2 amide bonds. The Kier molecular flexibility index (Phi) is 5.48. The summed E-state index contributed by atoms with van der Waals surface area (Å²) in [5.41, 5.74) is 1.68. The molecule has 1 aromatic carbocycles. The smallest absolute Gasteiger partial charge is 0.309 e. The number of hydrogen-bond acceptors (Lipinski definition) is 4. The predicted octanol–water partition coefficient (Wildman–Crippen LogP) is 1.02. The SMILES string of the molecule is COc1ccccc1CNC(=O)C(=O)NCc1ccncc1. The van der Waals surface area contributed by atoms with Gasteiger partial charge in [-0.3, -0.25) is 14.6 Å². The fourth-order valence-corrected chi connectivity index (χ4v) is 1.87. The highest BCUT2D eigenvalue weighted by atomic mass is 16.5. The molecule has 0 spiro atoms. The summed E-state index contributed by atoms with van der Waals surface area (Å²) < 4.78 is 5.19. The molecule has 0 aliphatic carbocycles. The van der Waals surface area contributed by atoms with Crippen LogP contribution in [-0.2, 0) is 22.7 Å². The van der Waals surface area contributed by atoms with E-state index in [2.05, 4.69) is 15.6 Å². The lowest BCUT2D eigenvalue weighted by molar-refractivity contribution is -0.139. The molecule has 0 bridgehead atoms. The Balaban J connectivity index is 1.83. The number of amides is 2. The highest BCUT2D eigenvalue weighted by Crippen LogP contribution is 2.16. The van der Waals surface area contributed by atoms with Crippen molar-refractivity contribution in [3.8, 4) is 5.75 Å². The first-order valence-electron chi connectivity index (χ1n) is 6.77. The van der Waals surface area contributed by atoms with Gasteiger partial charge < -0.3 is 15.4 Å². The summed E-state index contributed by atoms with van der Waals surface area (Å²) in [4.78, 5) is 27.4. The lowest BCUT2D eigenvalue weighted by atomic mass is 10.2. The molecule has 0 saturated heterocycles. The van der Waals surface area contributed by atoms with Gasteiger partial charge in [-0.15, -0.1) is 0 Å². The minimum Gasteiger partial charge on any atom is -0.496 e. The minimum absolute atomic E-state index is 0.228. The van der Waals surface area contributed by atoms with Crippen molar-refractivity contribution in [1.82, 2.24) is 15.6 Å². The van der Waals surface area contributed by atoms with Crippen LogP contribution in [0.15, 0.2) is 48.8 Å². The standard InChI is InChI=1S/C16H17N3O3/c1-22-14-5-3-2-4-13(14)11-19-16(21)15(20)18-10-12-6-8-17-9-7-12/h2-9H,10-11H2,1H3,(H,18,20)(H,19,21). The molecule has 0 aliphatic rings. The first kappa shape index (κ1) is 15.5. The number of nitrogens with zero attached hydrogens (tertiary/aromatic N) is 1. The largest absolute Gasteiger partial charge is 0.496 e. The number of pyridine rings is 1. The molecule has 0 aliphatic heterocycles. The van der Waals surface area contributed by atoms with Crippen molar-refractivity contribution in [2.24, 2.45) is 0 Å². The number of methoxy groups -OCH3 is 1. The van der Waals surface area contributed by atoms with Gasteiger partial charge in [-0.1, -0.05) is 18.2 Å². The first-order valence-corrected chi connectivity index (χ1v) is 6.77. The molecule has 0 fully saturated rings. The van der Waals surface area contributed by atoms with Crippen LogP contribution in [-0.4, -0.2) is 23.9 Å². The number of ether oxygens (including phenoxy) is 1. The maximum Gasteiger partial charge on any atom is 0.309 e. The van der Waals surface area contributed by atoms with E-state index in [1.807, 2.05) is 18.2 Å². The summed E-state index contributed by atoms with van der Waals surface area (Å²) in [6.07, 6.45) is 3.26. The monoisotopic (exact) mass is 299 g/mol. The molecule has 0 saturated carbocycles. The molecule has 0 unspecified atom stereocenters. The zero-order valence-corrected chi connectivity index (χ0v) is 12.2. The molecule has 1 aromatic heterocycles. The van der Waals surface area contributed by atoms with Gasteiger partial charge in [-0.25, -0.2) is 0 Å². The molecule has 114 valence electrons. The molecular formula is C16H17N3O3. The number of nitrogens with one attached hydrogen (secondary N) is 2. The van der Waals surface area contributed by atoms with Gasteiger partial charge in [0.05, 0.1) is 7.11 Å². The van der Waals surface area contributed by atoms with Crippen molar-refractivity contribution >= 4 is 11.8 Å². The Hall–Kier alpha value is -2.89. The van der Waals surface area contributed by atoms with E-state index in [4.69, 9.17) is 4.74 Å². The van der Waals surface area contributed by atoms with Crippen LogP contribution < -0.4 is 15.4 Å². The Bertz CT molecular complexity index is 644. The summed E-state index contributed by atoms with van der Waals surface area (Å²) in [6, 6.07) is 10.8. The van der Waals surface area contributed by atoms with E-state index in [-0.39, 0.29) is 13.1 Å². The zero-order chi connectivity index (χ0) is 15.8. The summed E-state index contributed by atoms with van der Waals surface area (Å²) in [5.74, 6) is -0.688. The van der Waals surface area contributed by atoms with Crippen molar-refractivity contribution < 1.29 is 14.3 Å². The predicted molar refractivity (Wildman–Crippen MR) is 80.9 cm³/mol. The third kappa shape index (κ3) is 4.31. The van der Waals surface area contributed by atoms with Gasteiger partial charge in [-0.2, -0.15) is 0 Å². The lowest BCUT2D eigenvalue weighted by Gasteiger charge is -2.09. The quantitative estimate of drug-likeness (QED) is 0.808. The highest BCUT2D eigenvalue weighted by Gasteiger charge is 2.13. The maximum absolute atomic E-state index is 11.8. The normalized spacial score (nSPS) is 9.86. The van der Waals surface area contributed by atoms with Crippen molar-refractivity contribution in [2.45, 2.75) is 13.1 Å². The van der Waals surface area contributed by atoms with Crippen LogP contribution in [0.5, 0.6) is 5.75 Å². The molecule has 6 heteroatoms. The van der Waals surface area contributed by atoms with Crippen LogP contribution >= 0.6 is 0 Å². The number of carbonyl (C=O) groups is 2. The number of carbonyl (C=O) groups excluding carboxylic acids is 2. The van der Waals surface area contributed by atoms with Crippen LogP contribution in [0.1, 0.15) is 11.1 Å². The van der Waals surface area contributed by atoms with Gasteiger partial charge >= 0.3 is 11.8 Å². The number of benzene rings is 1. The number of aromatic nitrogens is 1. The van der Waals surface area contributed by atoms with E-state index in [1.54, 1.807) is 37.7 Å². The molecule has 0 radical (unpaired) electrons. The summed E-state index contributed by atoms with van der Waals surface area (Å²) in [7, 11) is 1.56. The number of hydrogen-bond donors (Lipinski definition) is 2. The number of rotatable bonds is 5. The fourth-order valence-electron chi connectivity index (χ4n) is 1.87. The maximum atomic E-state index is 11.8. The number of para-hydroxylation sites is 1. The molecule has 6 nitrogen and oxygen atoms in total. The Morgan fingerprint density at radius 2 is 1.64 bits per heavy atom. The Morgan fingerprint density at radius 1 is 1.00 bits per heavy atom. The average molecular weight is 299 g/mol. The second-order valence-electron chi connectivity index (χ2n) is 4.53. The summed E-state index contributed by atoms with van der Waals surface area (Å²) in [5, 5.41) is 5.12. The first-order chi connectivity index (χ1) is 10.7. The summed E-state index contributed by atoms with van der Waals surface area (Å²) >= 11 is 0. The molecule has 0 atom stereocenters. The van der Waals surface area contributed by atoms with E-state index in [0.717, 1.165) is 11.1 Å². The van der Waals surface area contributed by atoms with Gasteiger partial charge in [0.25, 0.3) is 0 Å². The van der Waals surface area contributed by atoms with E-state index in [1.165, 1.54) is 0 Å². The lowest BCUT2D eigenvalue weighted by Crippen LogP contribution is -2.39. The second kappa shape index (κ2) is 7.78. The van der Waals surface area contributed by atoms with Gasteiger partial charge in [0, 0.05) is 31.0 Å². The van der Waals surface area contributed by atoms with Gasteiger partial charge in [0.15, 0.2) is 0 Å². The molecule has 2 aromatic rings. The molecule has 2 rings (SSSR count). The van der Waals surface area contributed by atoms with Gasteiger partial charge in [-0.05, 0) is 23.8 Å². The van der Waals surface area contributed by atoms with Crippen LogP contribution in [0.4, 0.5) is 0 Å². The van der Waals surface area contributed by atoms with Crippen molar-refractivity contribution in [2.75, 3.05) is 7.11 Å². The highest BCUT2D eigenvalue weighted by molar-refractivity contribution is 6.35. The van der Waals surface area contributed by atoms with Crippen LogP contribution in [0.3, 0.4) is 0 Å². The average Bonchev–Trinajstić information content (AvgIpc) is 2.58. The zero-order valence-electron chi connectivity index (χ0n) is 12.2. The fraction of sp³-hybridized carbons (Fsp3) is 0.188. The van der Waals surface area contributed by atoms with E-state index < -0.39 is 11.8 Å². The molecule has 22 heavy (non-hydrogen) atoms. The third-order valence-corrected chi connectivity index (χ3v) is 3.04. The second-order valence-corrected chi connectivity index (χ2v) is 4.53. The van der Waals surface area contributed by atoms with Crippen LogP contribution in [0.2, 0.25) is 0 Å². The Labute approximate surface area is 128 Å². The molecule has 2 N–H and O–H groups in total. The summed E-state index contributed by atoms with van der Waals surface area (Å²) in [6.45, 7) is 0.509. The van der Waals surface area contributed by atoms with Crippen molar-refractivity contribution in [3.63, 3.8) is 0 Å². The topological polar surface area (TPSA) is 80.3 Å². The Morgan fingerprint density at radius 3 is 2.32 bits per heavy atom. The minimum atomic E-state index is -0.681. The van der Waals surface area contributed by atoms with Gasteiger partial charge in [0.2, 0.25) is 0 Å². The van der Waals surface area contributed by atoms with Crippen LogP contribution in [0.25, 0.3) is 0 Å².